The Morgan fingerprint density at radius 3 is 2.46 bits per heavy atom. The van der Waals surface area contributed by atoms with E-state index >= 15 is 0 Å². The van der Waals surface area contributed by atoms with Crippen LogP contribution in [0.25, 0.3) is 0 Å². The van der Waals surface area contributed by atoms with Crippen LogP contribution in [-0.2, 0) is 21.7 Å². The second kappa shape index (κ2) is 9.55. The second-order valence-corrected chi connectivity index (χ2v) is 8.97. The van der Waals surface area contributed by atoms with Gasteiger partial charge in [0.1, 0.15) is 5.54 Å². The van der Waals surface area contributed by atoms with Crippen molar-refractivity contribution < 1.29 is 23.9 Å². The van der Waals surface area contributed by atoms with Crippen LogP contribution in [0.5, 0.6) is 11.5 Å². The van der Waals surface area contributed by atoms with Crippen molar-refractivity contribution in [1.82, 2.24) is 25.6 Å². The third-order valence-corrected chi connectivity index (χ3v) is 6.80. The van der Waals surface area contributed by atoms with Gasteiger partial charge in [-0.15, -0.1) is 0 Å². The van der Waals surface area contributed by atoms with Crippen molar-refractivity contribution in [2.75, 3.05) is 39.5 Å². The number of carbonyl (C=O) groups is 3. The Labute approximate surface area is 203 Å². The number of urea groups is 1. The van der Waals surface area contributed by atoms with E-state index in [9.17, 15) is 14.4 Å². The van der Waals surface area contributed by atoms with Crippen LogP contribution in [-0.4, -0.2) is 72.2 Å². The zero-order valence-electron chi connectivity index (χ0n) is 19.7. The van der Waals surface area contributed by atoms with Crippen LogP contribution >= 0.6 is 0 Å². The summed E-state index contributed by atoms with van der Waals surface area (Å²) in [6.07, 6.45) is 0.374. The highest BCUT2D eigenvalue weighted by Gasteiger charge is 2.52. The van der Waals surface area contributed by atoms with Crippen LogP contribution in [0.2, 0.25) is 0 Å². The third-order valence-electron chi connectivity index (χ3n) is 6.80. The number of amides is 4. The van der Waals surface area contributed by atoms with Gasteiger partial charge in [0.2, 0.25) is 6.79 Å². The molecule has 3 aliphatic heterocycles. The molecule has 10 nitrogen and oxygen atoms in total. The lowest BCUT2D eigenvalue weighted by atomic mass is 9.87. The molecule has 4 amide bonds. The summed E-state index contributed by atoms with van der Waals surface area (Å²) in [4.78, 5) is 42.8. The average Bonchev–Trinajstić information content (AvgIpc) is 3.44. The number of benzene rings is 2. The van der Waals surface area contributed by atoms with Crippen LogP contribution < -0.4 is 20.2 Å². The number of hydrogen-bond acceptors (Lipinski definition) is 7. The molecule has 1 atom stereocenters. The van der Waals surface area contributed by atoms with Gasteiger partial charge in [-0.05, 0) is 29.7 Å². The Bertz CT molecular complexity index is 1120. The van der Waals surface area contributed by atoms with E-state index in [0.29, 0.717) is 25.1 Å². The van der Waals surface area contributed by atoms with Crippen molar-refractivity contribution in [3.63, 3.8) is 0 Å². The predicted octanol–water partition coefficient (Wildman–Crippen LogP) is 1.42. The molecule has 0 unspecified atom stereocenters. The van der Waals surface area contributed by atoms with Crippen LogP contribution in [0.15, 0.2) is 48.5 Å². The summed E-state index contributed by atoms with van der Waals surface area (Å²) in [6, 6.07) is 14.4. The lowest BCUT2D eigenvalue weighted by Gasteiger charge is -2.34. The van der Waals surface area contributed by atoms with Crippen LogP contribution in [0.1, 0.15) is 24.5 Å². The molecule has 2 aromatic rings. The van der Waals surface area contributed by atoms with Gasteiger partial charge in [0.15, 0.2) is 11.5 Å². The maximum atomic E-state index is 13.2. The molecule has 3 aliphatic rings. The molecular formula is C25H29N5O5. The SMILES string of the molecule is CC[C@@]1(c2ccccc2)NC(=O)N(NC(=O)CN2CCN(Cc3ccc4c(c3)OCO4)CC2)C1=O. The van der Waals surface area contributed by atoms with Crippen molar-refractivity contribution >= 4 is 17.8 Å². The fraction of sp³-hybridized carbons (Fsp3) is 0.400. The lowest BCUT2D eigenvalue weighted by Crippen LogP contribution is -2.53. The van der Waals surface area contributed by atoms with Crippen LogP contribution in [0.4, 0.5) is 4.79 Å². The minimum atomic E-state index is -1.17. The van der Waals surface area contributed by atoms with E-state index in [0.717, 1.165) is 41.7 Å². The van der Waals surface area contributed by atoms with Crippen molar-refractivity contribution in [3.8, 4) is 11.5 Å². The van der Waals surface area contributed by atoms with E-state index in [-0.39, 0.29) is 13.3 Å². The molecule has 0 radical (unpaired) electrons. The number of rotatable bonds is 7. The first-order valence-electron chi connectivity index (χ1n) is 11.8. The number of imide groups is 1. The number of piperazine rings is 1. The van der Waals surface area contributed by atoms with E-state index in [1.165, 1.54) is 0 Å². The Hall–Kier alpha value is -3.63. The van der Waals surface area contributed by atoms with Crippen molar-refractivity contribution in [3.05, 3.63) is 59.7 Å². The molecule has 2 aromatic carbocycles. The first-order valence-corrected chi connectivity index (χ1v) is 11.8. The van der Waals surface area contributed by atoms with E-state index < -0.39 is 23.4 Å². The molecular weight excluding hydrogens is 450 g/mol. The monoisotopic (exact) mass is 479 g/mol. The first-order chi connectivity index (χ1) is 17.0. The minimum absolute atomic E-state index is 0.111. The molecule has 2 fully saturated rings. The molecule has 0 aliphatic carbocycles. The molecule has 2 saturated heterocycles. The largest absolute Gasteiger partial charge is 0.454 e. The molecule has 5 rings (SSSR count). The number of nitrogens with one attached hydrogen (secondary N) is 2. The lowest BCUT2D eigenvalue weighted by molar-refractivity contribution is -0.140. The molecule has 3 heterocycles. The molecule has 35 heavy (non-hydrogen) atoms. The minimum Gasteiger partial charge on any atom is -0.454 e. The number of hydrazine groups is 1. The van der Waals surface area contributed by atoms with Gasteiger partial charge in [0, 0.05) is 32.7 Å². The van der Waals surface area contributed by atoms with E-state index in [1.54, 1.807) is 12.1 Å². The highest BCUT2D eigenvalue weighted by molar-refractivity contribution is 6.08. The van der Waals surface area contributed by atoms with Gasteiger partial charge in [-0.25, -0.2) is 4.79 Å². The fourth-order valence-corrected chi connectivity index (χ4v) is 4.80. The Kier molecular flexibility index (Phi) is 6.31. The third kappa shape index (κ3) is 4.54. The average molecular weight is 480 g/mol. The Morgan fingerprint density at radius 2 is 1.71 bits per heavy atom. The van der Waals surface area contributed by atoms with Crippen molar-refractivity contribution in [2.45, 2.75) is 25.4 Å². The van der Waals surface area contributed by atoms with Gasteiger partial charge in [0.05, 0.1) is 6.54 Å². The summed E-state index contributed by atoms with van der Waals surface area (Å²) in [7, 11) is 0. The number of nitrogens with zero attached hydrogens (tertiary/aromatic N) is 3. The normalized spacial score (nSPS) is 22.4. The maximum absolute atomic E-state index is 13.2. The molecule has 2 N–H and O–H groups in total. The Morgan fingerprint density at radius 1 is 1.00 bits per heavy atom. The van der Waals surface area contributed by atoms with Gasteiger partial charge < -0.3 is 14.8 Å². The maximum Gasteiger partial charge on any atom is 0.344 e. The molecule has 10 heteroatoms. The summed E-state index contributed by atoms with van der Waals surface area (Å²) >= 11 is 0. The van der Waals surface area contributed by atoms with Gasteiger partial charge in [-0.3, -0.25) is 24.8 Å². The topological polar surface area (TPSA) is 103 Å². The molecule has 0 bridgehead atoms. The van der Waals surface area contributed by atoms with E-state index in [4.69, 9.17) is 9.47 Å². The number of fused-ring (bicyclic) bond motifs is 1. The number of carbonyl (C=O) groups excluding carboxylic acids is 3. The first kappa shape index (κ1) is 23.1. The highest BCUT2D eigenvalue weighted by atomic mass is 16.7. The van der Waals surface area contributed by atoms with E-state index in [2.05, 4.69) is 15.6 Å². The van der Waals surface area contributed by atoms with Gasteiger partial charge in [-0.1, -0.05) is 43.3 Å². The van der Waals surface area contributed by atoms with Crippen LogP contribution in [0, 0.1) is 0 Å². The number of ether oxygens (including phenoxy) is 2. The molecule has 0 spiro atoms. The van der Waals surface area contributed by atoms with Crippen molar-refractivity contribution in [1.29, 1.82) is 0 Å². The summed E-state index contributed by atoms with van der Waals surface area (Å²) in [5.41, 5.74) is 3.18. The second-order valence-electron chi connectivity index (χ2n) is 8.97. The smallest absolute Gasteiger partial charge is 0.344 e. The predicted molar refractivity (Wildman–Crippen MR) is 126 cm³/mol. The van der Waals surface area contributed by atoms with E-state index in [1.807, 2.05) is 48.2 Å². The standard InChI is InChI=1S/C25H29N5O5/c1-2-25(19-6-4-3-5-7-19)23(32)30(24(33)26-25)27-22(31)16-29-12-10-28(11-13-29)15-18-8-9-20-21(14-18)35-17-34-20/h3-9,14H,2,10-13,15-17H2,1H3,(H,26,33)(H,27,31)/t25-/m0/s1. The summed E-state index contributed by atoms with van der Waals surface area (Å²) in [5.74, 6) is 0.683. The zero-order chi connectivity index (χ0) is 24.4. The summed E-state index contributed by atoms with van der Waals surface area (Å²) in [5, 5.41) is 3.59. The quantitative estimate of drug-likeness (QED) is 0.579. The fourth-order valence-electron chi connectivity index (χ4n) is 4.80. The highest BCUT2D eigenvalue weighted by Crippen LogP contribution is 2.33. The Balaban J connectivity index is 1.13. The zero-order valence-corrected chi connectivity index (χ0v) is 19.7. The summed E-state index contributed by atoms with van der Waals surface area (Å²) in [6.45, 7) is 6.02. The molecule has 184 valence electrons. The van der Waals surface area contributed by atoms with Gasteiger partial charge in [-0.2, -0.15) is 5.01 Å². The summed E-state index contributed by atoms with van der Waals surface area (Å²) < 4.78 is 10.8. The van der Waals surface area contributed by atoms with Gasteiger partial charge in [0.25, 0.3) is 11.8 Å². The number of hydrogen-bond donors (Lipinski definition) is 2. The molecule has 0 aromatic heterocycles. The van der Waals surface area contributed by atoms with Crippen molar-refractivity contribution in [2.24, 2.45) is 0 Å². The van der Waals surface area contributed by atoms with Crippen LogP contribution in [0.3, 0.4) is 0 Å². The molecule has 0 saturated carbocycles. The van der Waals surface area contributed by atoms with Gasteiger partial charge >= 0.3 is 6.03 Å².